The van der Waals surface area contributed by atoms with Gasteiger partial charge < -0.3 is 10.4 Å². The van der Waals surface area contributed by atoms with E-state index < -0.39 is 5.97 Å². The van der Waals surface area contributed by atoms with Crippen LogP contribution < -0.4 is 5.32 Å². The Bertz CT molecular complexity index is 429. The Morgan fingerprint density at radius 3 is 2.29 bits per heavy atom. The zero-order valence-electron chi connectivity index (χ0n) is 13.5. The first-order valence-electron chi connectivity index (χ1n) is 8.23. The summed E-state index contributed by atoms with van der Waals surface area (Å²) in [6, 6.07) is 5.42. The number of unbranched alkanes of at least 4 members (excludes halogenated alkanes) is 7. The minimum Gasteiger partial charge on any atom is -0.478 e. The Hall–Kier alpha value is -1.51. The van der Waals surface area contributed by atoms with E-state index in [9.17, 15) is 4.79 Å². The molecule has 0 atom stereocenters. The second-order valence-electron chi connectivity index (χ2n) is 5.76. The first-order chi connectivity index (χ1) is 10.1. The fourth-order valence-corrected chi connectivity index (χ4v) is 2.47. The van der Waals surface area contributed by atoms with Crippen LogP contribution in [-0.4, -0.2) is 17.6 Å². The fourth-order valence-electron chi connectivity index (χ4n) is 2.47. The van der Waals surface area contributed by atoms with Crippen LogP contribution in [0.25, 0.3) is 0 Å². The highest BCUT2D eigenvalue weighted by atomic mass is 16.4. The van der Waals surface area contributed by atoms with E-state index in [0.29, 0.717) is 5.56 Å². The predicted octanol–water partition coefficient (Wildman–Crippen LogP) is 5.25. The van der Waals surface area contributed by atoms with Gasteiger partial charge in [-0.1, -0.05) is 57.9 Å². The molecule has 3 nitrogen and oxygen atoms in total. The largest absolute Gasteiger partial charge is 0.478 e. The van der Waals surface area contributed by atoms with Crippen LogP contribution in [0.1, 0.15) is 74.2 Å². The molecule has 0 aromatic heterocycles. The molecule has 118 valence electrons. The van der Waals surface area contributed by atoms with Gasteiger partial charge >= 0.3 is 5.97 Å². The maximum absolute atomic E-state index is 11.2. The van der Waals surface area contributed by atoms with Gasteiger partial charge in [0.2, 0.25) is 0 Å². The first-order valence-corrected chi connectivity index (χ1v) is 8.23. The zero-order valence-corrected chi connectivity index (χ0v) is 13.5. The number of carbonyl (C=O) groups is 1. The highest BCUT2D eigenvalue weighted by Crippen LogP contribution is 2.18. The number of aryl methyl sites for hydroxylation is 1. The molecular weight excluding hydrogens is 262 g/mol. The van der Waals surface area contributed by atoms with Crippen molar-refractivity contribution in [3.8, 4) is 0 Å². The Balaban J connectivity index is 2.21. The van der Waals surface area contributed by atoms with Crippen molar-refractivity contribution in [1.29, 1.82) is 0 Å². The number of anilines is 1. The van der Waals surface area contributed by atoms with Crippen LogP contribution in [0, 0.1) is 6.92 Å². The van der Waals surface area contributed by atoms with Gasteiger partial charge in [-0.15, -0.1) is 0 Å². The van der Waals surface area contributed by atoms with Gasteiger partial charge in [-0.05, 0) is 31.0 Å². The van der Waals surface area contributed by atoms with E-state index >= 15 is 0 Å². The van der Waals surface area contributed by atoms with Crippen molar-refractivity contribution in [3.63, 3.8) is 0 Å². The Kier molecular flexibility index (Phi) is 8.56. The molecule has 2 N–H and O–H groups in total. The zero-order chi connectivity index (χ0) is 15.5. The fraction of sp³-hybridized carbons (Fsp3) is 0.611. The number of carboxylic acids is 1. The third kappa shape index (κ3) is 7.16. The molecule has 0 saturated heterocycles. The molecule has 0 aliphatic heterocycles. The van der Waals surface area contributed by atoms with Gasteiger partial charge in [0.1, 0.15) is 0 Å². The summed E-state index contributed by atoms with van der Waals surface area (Å²) in [4.78, 5) is 11.2. The van der Waals surface area contributed by atoms with Crippen LogP contribution in [0.15, 0.2) is 18.2 Å². The maximum atomic E-state index is 11.2. The molecule has 0 spiro atoms. The summed E-state index contributed by atoms with van der Waals surface area (Å²) in [5.41, 5.74) is 2.18. The molecule has 0 saturated carbocycles. The topological polar surface area (TPSA) is 49.3 Å². The molecule has 1 rings (SSSR count). The van der Waals surface area contributed by atoms with Crippen LogP contribution in [0.5, 0.6) is 0 Å². The molecule has 0 bridgehead atoms. The lowest BCUT2D eigenvalue weighted by atomic mass is 10.1. The van der Waals surface area contributed by atoms with E-state index in [-0.39, 0.29) is 0 Å². The minimum atomic E-state index is -0.867. The van der Waals surface area contributed by atoms with Gasteiger partial charge in [0, 0.05) is 12.2 Å². The van der Waals surface area contributed by atoms with Crippen LogP contribution >= 0.6 is 0 Å². The number of benzene rings is 1. The summed E-state index contributed by atoms with van der Waals surface area (Å²) < 4.78 is 0. The Morgan fingerprint density at radius 1 is 1.05 bits per heavy atom. The summed E-state index contributed by atoms with van der Waals surface area (Å²) in [5.74, 6) is -0.867. The van der Waals surface area contributed by atoms with Crippen LogP contribution in [0.2, 0.25) is 0 Å². The number of aromatic carboxylic acids is 1. The predicted molar refractivity (Wildman–Crippen MR) is 89.2 cm³/mol. The molecular formula is C18H29NO2. The number of nitrogens with one attached hydrogen (secondary N) is 1. The smallest absolute Gasteiger partial charge is 0.337 e. The lowest BCUT2D eigenvalue weighted by molar-refractivity contribution is 0.0698. The quantitative estimate of drug-likeness (QED) is 0.548. The lowest BCUT2D eigenvalue weighted by Crippen LogP contribution is -2.08. The molecule has 0 fully saturated rings. The summed E-state index contributed by atoms with van der Waals surface area (Å²) in [6.07, 6.45) is 10.3. The van der Waals surface area contributed by atoms with Crippen LogP contribution in [0.4, 0.5) is 5.69 Å². The molecule has 3 heteroatoms. The van der Waals surface area contributed by atoms with Gasteiger partial charge in [0.05, 0.1) is 5.56 Å². The van der Waals surface area contributed by atoms with Gasteiger partial charge in [0.15, 0.2) is 0 Å². The number of rotatable bonds is 11. The average Bonchev–Trinajstić information content (AvgIpc) is 2.45. The Morgan fingerprint density at radius 2 is 1.67 bits per heavy atom. The highest BCUT2D eigenvalue weighted by Gasteiger charge is 2.09. The standard InChI is InChI=1S/C18H29NO2/c1-3-4-5-6-7-8-9-10-13-19-17-14-15(2)11-12-16(17)18(20)21/h11-12,14,19H,3-10,13H2,1-2H3,(H,20,21). The molecule has 1 aromatic rings. The monoisotopic (exact) mass is 291 g/mol. The van der Waals surface area contributed by atoms with E-state index in [1.54, 1.807) is 6.07 Å². The molecule has 0 amide bonds. The molecule has 0 unspecified atom stereocenters. The molecule has 0 heterocycles. The third-order valence-electron chi connectivity index (χ3n) is 3.75. The SMILES string of the molecule is CCCCCCCCCCNc1cc(C)ccc1C(=O)O. The van der Waals surface area contributed by atoms with Gasteiger partial charge in [0.25, 0.3) is 0 Å². The van der Waals surface area contributed by atoms with E-state index in [2.05, 4.69) is 12.2 Å². The van der Waals surface area contributed by atoms with Crippen molar-refractivity contribution in [1.82, 2.24) is 0 Å². The van der Waals surface area contributed by atoms with E-state index in [4.69, 9.17) is 5.11 Å². The molecule has 1 aromatic carbocycles. The van der Waals surface area contributed by atoms with Crippen molar-refractivity contribution in [2.24, 2.45) is 0 Å². The maximum Gasteiger partial charge on any atom is 0.337 e. The van der Waals surface area contributed by atoms with Crippen molar-refractivity contribution < 1.29 is 9.90 Å². The molecule has 0 radical (unpaired) electrons. The molecule has 0 aliphatic carbocycles. The van der Waals surface area contributed by atoms with Crippen LogP contribution in [0.3, 0.4) is 0 Å². The number of hydrogen-bond acceptors (Lipinski definition) is 2. The van der Waals surface area contributed by atoms with Gasteiger partial charge in [-0.2, -0.15) is 0 Å². The van der Waals surface area contributed by atoms with Gasteiger partial charge in [-0.25, -0.2) is 4.79 Å². The summed E-state index contributed by atoms with van der Waals surface area (Å²) in [6.45, 7) is 5.06. The summed E-state index contributed by atoms with van der Waals surface area (Å²) in [5, 5.41) is 12.4. The van der Waals surface area contributed by atoms with E-state index in [1.807, 2.05) is 19.1 Å². The molecule has 21 heavy (non-hydrogen) atoms. The normalized spacial score (nSPS) is 10.6. The van der Waals surface area contributed by atoms with Crippen molar-refractivity contribution >= 4 is 11.7 Å². The van der Waals surface area contributed by atoms with Crippen molar-refractivity contribution in [2.75, 3.05) is 11.9 Å². The van der Waals surface area contributed by atoms with Gasteiger partial charge in [-0.3, -0.25) is 0 Å². The number of carboxylic acid groups (broad SMARTS) is 1. The minimum absolute atomic E-state index is 0.361. The van der Waals surface area contributed by atoms with Crippen molar-refractivity contribution in [2.45, 2.75) is 65.2 Å². The second-order valence-corrected chi connectivity index (χ2v) is 5.76. The first kappa shape index (κ1) is 17.5. The van der Waals surface area contributed by atoms with Crippen molar-refractivity contribution in [3.05, 3.63) is 29.3 Å². The van der Waals surface area contributed by atoms with Crippen LogP contribution in [-0.2, 0) is 0 Å². The van der Waals surface area contributed by atoms with E-state index in [0.717, 1.165) is 24.2 Å². The number of hydrogen-bond donors (Lipinski definition) is 2. The average molecular weight is 291 g/mol. The lowest BCUT2D eigenvalue weighted by Gasteiger charge is -2.10. The summed E-state index contributed by atoms with van der Waals surface area (Å²) >= 11 is 0. The summed E-state index contributed by atoms with van der Waals surface area (Å²) in [7, 11) is 0. The Labute approximate surface area is 128 Å². The molecule has 0 aliphatic rings. The third-order valence-corrected chi connectivity index (χ3v) is 3.75. The second kappa shape index (κ2) is 10.3. The highest BCUT2D eigenvalue weighted by molar-refractivity contribution is 5.94. The van der Waals surface area contributed by atoms with E-state index in [1.165, 1.54) is 44.9 Å².